The van der Waals surface area contributed by atoms with Crippen molar-refractivity contribution in [3.05, 3.63) is 71.9 Å². The number of carbonyl (C=O) groups excluding carboxylic acids is 2. The van der Waals surface area contributed by atoms with Crippen molar-refractivity contribution in [2.24, 2.45) is 0 Å². The second kappa shape index (κ2) is 14.3. The lowest BCUT2D eigenvalue weighted by molar-refractivity contribution is -0.153. The molecule has 45 heavy (non-hydrogen) atoms. The van der Waals surface area contributed by atoms with E-state index in [1.165, 1.54) is 28.8 Å². The highest BCUT2D eigenvalue weighted by molar-refractivity contribution is 5.95. The van der Waals surface area contributed by atoms with Crippen LogP contribution in [-0.2, 0) is 4.79 Å². The fourth-order valence-electron chi connectivity index (χ4n) is 3.57. The fourth-order valence-corrected chi connectivity index (χ4v) is 3.57. The molecule has 16 heteroatoms. The summed E-state index contributed by atoms with van der Waals surface area (Å²) in [5, 5.41) is 19.9. The van der Waals surface area contributed by atoms with Crippen molar-refractivity contribution in [2.75, 3.05) is 25.1 Å². The van der Waals surface area contributed by atoms with Crippen LogP contribution in [0.25, 0.3) is 16.8 Å². The molecular weight excluding hydrogens is 610 g/mol. The zero-order chi connectivity index (χ0) is 33.4. The van der Waals surface area contributed by atoms with Gasteiger partial charge in [-0.2, -0.15) is 31.3 Å². The summed E-state index contributed by atoms with van der Waals surface area (Å²) in [4.78, 5) is 26.2. The Kier molecular flexibility index (Phi) is 11.0. The van der Waals surface area contributed by atoms with Crippen LogP contribution in [-0.4, -0.2) is 69.7 Å². The SMILES string of the molecule is CC(C)(CO)NC=O.Cc1ccc(Nc2nc3ccc(-c4cccc(C(=O)NCC(F)(F)F)c4)cn3n2)c(OCC(F)(F)F)c1. The van der Waals surface area contributed by atoms with Gasteiger partial charge in [-0.15, -0.1) is 5.10 Å². The van der Waals surface area contributed by atoms with Crippen LogP contribution in [0.5, 0.6) is 5.75 Å². The Balaban J connectivity index is 0.000000610. The van der Waals surface area contributed by atoms with Gasteiger partial charge in [0, 0.05) is 17.3 Å². The molecule has 0 aliphatic heterocycles. The summed E-state index contributed by atoms with van der Waals surface area (Å²) in [6.07, 6.45) is -6.86. The molecule has 0 atom stereocenters. The first-order valence-corrected chi connectivity index (χ1v) is 13.2. The third-order valence-electron chi connectivity index (χ3n) is 5.86. The van der Waals surface area contributed by atoms with Gasteiger partial charge >= 0.3 is 12.4 Å². The van der Waals surface area contributed by atoms with Gasteiger partial charge in [0.25, 0.3) is 5.91 Å². The number of ether oxygens (including phenoxy) is 1. The smallest absolute Gasteiger partial charge is 0.422 e. The van der Waals surface area contributed by atoms with Crippen LogP contribution in [0.3, 0.4) is 0 Å². The Labute approximate surface area is 253 Å². The normalized spacial score (nSPS) is 11.8. The molecule has 0 unspecified atom stereocenters. The molecule has 242 valence electrons. The van der Waals surface area contributed by atoms with Gasteiger partial charge in [0.2, 0.25) is 12.4 Å². The fraction of sp³-hybridized carbons (Fsp3) is 0.310. The second-order valence-corrected chi connectivity index (χ2v) is 10.4. The van der Waals surface area contributed by atoms with E-state index in [1.807, 2.05) is 5.32 Å². The number of halogens is 6. The number of alkyl halides is 6. The van der Waals surface area contributed by atoms with Crippen molar-refractivity contribution in [3.8, 4) is 16.9 Å². The van der Waals surface area contributed by atoms with Crippen molar-refractivity contribution in [3.63, 3.8) is 0 Å². The Morgan fingerprint density at radius 1 is 1.00 bits per heavy atom. The van der Waals surface area contributed by atoms with E-state index in [0.717, 1.165) is 0 Å². The first-order valence-electron chi connectivity index (χ1n) is 13.2. The molecule has 0 saturated heterocycles. The maximum absolute atomic E-state index is 12.6. The number of aryl methyl sites for hydroxylation is 1. The van der Waals surface area contributed by atoms with Gasteiger partial charge in [-0.05, 0) is 68.3 Å². The number of nitrogens with zero attached hydrogens (tertiary/aromatic N) is 3. The van der Waals surface area contributed by atoms with E-state index in [1.54, 1.807) is 57.3 Å². The summed E-state index contributed by atoms with van der Waals surface area (Å²) < 4.78 is 81.4. The first kappa shape index (κ1) is 34.6. The van der Waals surface area contributed by atoms with Crippen molar-refractivity contribution < 1.29 is 45.8 Å². The summed E-state index contributed by atoms with van der Waals surface area (Å²) in [5.74, 6) is -0.787. The number of nitrogens with one attached hydrogen (secondary N) is 3. The molecule has 0 fully saturated rings. The average molecular weight is 641 g/mol. The number of carbonyl (C=O) groups is 2. The van der Waals surface area contributed by atoms with Crippen molar-refractivity contribution in [2.45, 2.75) is 38.7 Å². The molecule has 0 aliphatic carbocycles. The van der Waals surface area contributed by atoms with Crippen molar-refractivity contribution in [1.29, 1.82) is 0 Å². The summed E-state index contributed by atoms with van der Waals surface area (Å²) in [6, 6.07) is 14.1. The van der Waals surface area contributed by atoms with Crippen molar-refractivity contribution in [1.82, 2.24) is 25.2 Å². The number of hydrogen-bond acceptors (Lipinski definition) is 7. The van der Waals surface area contributed by atoms with E-state index < -0.39 is 37.0 Å². The third-order valence-corrected chi connectivity index (χ3v) is 5.86. The average Bonchev–Trinajstić information content (AvgIpc) is 3.37. The zero-order valence-corrected chi connectivity index (χ0v) is 24.3. The van der Waals surface area contributed by atoms with Gasteiger partial charge in [0.15, 0.2) is 12.3 Å². The van der Waals surface area contributed by atoms with Crippen LogP contribution >= 0.6 is 0 Å². The van der Waals surface area contributed by atoms with Crippen LogP contribution in [0.1, 0.15) is 29.8 Å². The number of aliphatic hydroxyl groups is 1. The van der Waals surface area contributed by atoms with Crippen LogP contribution in [0, 0.1) is 6.92 Å². The second-order valence-electron chi connectivity index (χ2n) is 10.4. The highest BCUT2D eigenvalue weighted by atomic mass is 19.4. The summed E-state index contributed by atoms with van der Waals surface area (Å²) >= 11 is 0. The van der Waals surface area contributed by atoms with E-state index in [0.29, 0.717) is 28.7 Å². The number of fused-ring (bicyclic) bond motifs is 1. The van der Waals surface area contributed by atoms with Crippen LogP contribution in [0.15, 0.2) is 60.8 Å². The number of benzene rings is 2. The number of aromatic nitrogens is 3. The Bertz CT molecular complexity index is 1620. The van der Waals surface area contributed by atoms with Gasteiger partial charge in [-0.1, -0.05) is 18.2 Å². The van der Waals surface area contributed by atoms with Gasteiger partial charge in [0.05, 0.1) is 17.8 Å². The predicted molar refractivity (Wildman–Crippen MR) is 153 cm³/mol. The minimum absolute atomic E-state index is 0.0162. The van der Waals surface area contributed by atoms with Gasteiger partial charge < -0.3 is 25.8 Å². The molecule has 0 radical (unpaired) electrons. The van der Waals surface area contributed by atoms with E-state index >= 15 is 0 Å². The molecule has 0 spiro atoms. The largest absolute Gasteiger partial charge is 0.482 e. The zero-order valence-electron chi connectivity index (χ0n) is 24.3. The lowest BCUT2D eigenvalue weighted by atomic mass is 10.0. The van der Waals surface area contributed by atoms with Crippen LogP contribution < -0.4 is 20.7 Å². The predicted octanol–water partition coefficient (Wildman–Crippen LogP) is 5.18. The van der Waals surface area contributed by atoms with E-state index in [2.05, 4.69) is 20.7 Å². The number of hydrogen-bond donors (Lipinski definition) is 4. The molecule has 2 aromatic heterocycles. The molecule has 0 aliphatic rings. The maximum atomic E-state index is 12.6. The Hall–Kier alpha value is -4.86. The van der Waals surface area contributed by atoms with Gasteiger partial charge in [-0.3, -0.25) is 9.59 Å². The molecular formula is C29H30F6N6O4. The Morgan fingerprint density at radius 3 is 2.36 bits per heavy atom. The van der Waals surface area contributed by atoms with Crippen LogP contribution in [0.4, 0.5) is 38.0 Å². The van der Waals surface area contributed by atoms with Crippen molar-refractivity contribution >= 4 is 29.6 Å². The van der Waals surface area contributed by atoms with E-state index in [4.69, 9.17) is 9.84 Å². The highest BCUT2D eigenvalue weighted by Crippen LogP contribution is 2.30. The number of amides is 2. The lowest BCUT2D eigenvalue weighted by Crippen LogP contribution is -2.41. The molecule has 10 nitrogen and oxygen atoms in total. The minimum atomic E-state index is -4.53. The van der Waals surface area contributed by atoms with Crippen LogP contribution in [0.2, 0.25) is 0 Å². The monoisotopic (exact) mass is 640 g/mol. The minimum Gasteiger partial charge on any atom is -0.482 e. The Morgan fingerprint density at radius 2 is 1.73 bits per heavy atom. The number of anilines is 2. The molecule has 0 bridgehead atoms. The number of rotatable bonds is 10. The maximum Gasteiger partial charge on any atom is 0.422 e. The topological polar surface area (TPSA) is 130 Å². The summed E-state index contributed by atoms with van der Waals surface area (Å²) in [6.45, 7) is 2.25. The molecule has 2 amide bonds. The molecule has 4 rings (SSSR count). The number of aliphatic hydroxyl groups excluding tert-OH is 1. The molecule has 2 aromatic carbocycles. The lowest BCUT2D eigenvalue weighted by Gasteiger charge is -2.19. The highest BCUT2D eigenvalue weighted by Gasteiger charge is 2.29. The van der Waals surface area contributed by atoms with E-state index in [9.17, 15) is 35.9 Å². The molecule has 4 N–H and O–H groups in total. The number of pyridine rings is 1. The van der Waals surface area contributed by atoms with E-state index in [-0.39, 0.29) is 29.6 Å². The third kappa shape index (κ3) is 11.0. The molecule has 4 aromatic rings. The van der Waals surface area contributed by atoms with Gasteiger partial charge in [0.1, 0.15) is 12.3 Å². The molecule has 2 heterocycles. The summed E-state index contributed by atoms with van der Waals surface area (Å²) in [7, 11) is 0. The summed E-state index contributed by atoms with van der Waals surface area (Å²) in [5.41, 5.74) is 2.07. The molecule has 0 saturated carbocycles. The van der Waals surface area contributed by atoms with Gasteiger partial charge in [-0.25, -0.2) is 4.52 Å². The standard InChI is InChI=1S/C24H19F6N5O2.C5H11NO2/c1-14-5-7-18(19(9-14)37-13-24(28,29)30)32-22-33-20-8-6-17(11-35(20)34-22)15-3-2-4-16(10-15)21(36)31-12-23(25,26)27;1-5(2,3-7)6-4-8/h2-11H,12-13H2,1H3,(H,31,36)(H,32,34);4,7H,3H2,1-2H3,(H,6,8). The quantitative estimate of drug-likeness (QED) is 0.139. The first-order chi connectivity index (χ1) is 21.0.